The van der Waals surface area contributed by atoms with Crippen LogP contribution in [0.3, 0.4) is 0 Å². The van der Waals surface area contributed by atoms with Crippen molar-refractivity contribution in [2.75, 3.05) is 6.61 Å². The van der Waals surface area contributed by atoms with Crippen molar-refractivity contribution in [2.24, 2.45) is 0 Å². The summed E-state index contributed by atoms with van der Waals surface area (Å²) < 4.78 is 13.3. The molecule has 0 aliphatic heterocycles. The lowest BCUT2D eigenvalue weighted by Crippen LogP contribution is -1.98. The van der Waals surface area contributed by atoms with Gasteiger partial charge in [0.1, 0.15) is 6.17 Å². The first-order valence-electron chi connectivity index (χ1n) is 3.52. The molecule has 0 bridgehead atoms. The zero-order chi connectivity index (χ0) is 10.0. The molecule has 5 heteroatoms. The maximum atomic E-state index is 13.0. The van der Waals surface area contributed by atoms with Gasteiger partial charge in [0, 0.05) is 10.0 Å². The number of hydrogen-bond acceptors (Lipinski definition) is 3. The summed E-state index contributed by atoms with van der Waals surface area (Å²) in [6.45, 7) is -0.664. The standard InChI is InChI=1S/C8H8BrFO3/c9-5-2-8(13)7(12)1-4(5)6(10)3-11/h1-2,6,11-13H,3H2. The summed E-state index contributed by atoms with van der Waals surface area (Å²) in [4.78, 5) is 0. The molecule has 0 heterocycles. The normalized spacial score (nSPS) is 12.8. The van der Waals surface area contributed by atoms with E-state index in [2.05, 4.69) is 15.9 Å². The van der Waals surface area contributed by atoms with Crippen molar-refractivity contribution in [1.82, 2.24) is 0 Å². The highest BCUT2D eigenvalue weighted by Gasteiger charge is 2.14. The van der Waals surface area contributed by atoms with Crippen molar-refractivity contribution in [2.45, 2.75) is 6.17 Å². The van der Waals surface area contributed by atoms with Crippen molar-refractivity contribution >= 4 is 15.9 Å². The molecule has 0 saturated heterocycles. The first kappa shape index (κ1) is 10.3. The summed E-state index contributed by atoms with van der Waals surface area (Å²) in [5.74, 6) is -0.741. The molecule has 0 aliphatic rings. The predicted molar refractivity (Wildman–Crippen MR) is 48.4 cm³/mol. The molecular weight excluding hydrogens is 243 g/mol. The average molecular weight is 251 g/mol. The minimum Gasteiger partial charge on any atom is -0.504 e. The third kappa shape index (κ3) is 2.10. The van der Waals surface area contributed by atoms with Crippen LogP contribution in [-0.2, 0) is 0 Å². The van der Waals surface area contributed by atoms with Crippen LogP contribution in [0.4, 0.5) is 4.39 Å². The first-order chi connectivity index (χ1) is 6.06. The molecule has 0 radical (unpaired) electrons. The molecule has 0 amide bonds. The van der Waals surface area contributed by atoms with Crippen molar-refractivity contribution < 1.29 is 19.7 Å². The maximum absolute atomic E-state index is 13.0. The number of aliphatic hydroxyl groups excluding tert-OH is 1. The van der Waals surface area contributed by atoms with Gasteiger partial charge in [-0.05, 0) is 12.1 Å². The van der Waals surface area contributed by atoms with E-state index in [0.29, 0.717) is 4.47 Å². The second-order valence-electron chi connectivity index (χ2n) is 2.51. The molecule has 3 N–H and O–H groups in total. The van der Waals surface area contributed by atoms with Crippen LogP contribution in [0, 0.1) is 0 Å². The molecule has 1 atom stereocenters. The highest BCUT2D eigenvalue weighted by atomic mass is 79.9. The molecule has 0 fully saturated rings. The van der Waals surface area contributed by atoms with Crippen LogP contribution in [-0.4, -0.2) is 21.9 Å². The number of rotatable bonds is 2. The van der Waals surface area contributed by atoms with Crippen LogP contribution in [0.2, 0.25) is 0 Å². The smallest absolute Gasteiger partial charge is 0.158 e. The van der Waals surface area contributed by atoms with Gasteiger partial charge in [-0.15, -0.1) is 0 Å². The number of alkyl halides is 1. The first-order valence-corrected chi connectivity index (χ1v) is 4.32. The summed E-state index contributed by atoms with van der Waals surface area (Å²) in [7, 11) is 0. The van der Waals surface area contributed by atoms with E-state index in [0.717, 1.165) is 6.07 Å². The minimum atomic E-state index is -1.57. The lowest BCUT2D eigenvalue weighted by atomic mass is 10.1. The number of hydrogen-bond donors (Lipinski definition) is 3. The molecule has 1 aromatic carbocycles. The molecule has 1 unspecified atom stereocenters. The van der Waals surface area contributed by atoms with Crippen molar-refractivity contribution in [3.63, 3.8) is 0 Å². The lowest BCUT2D eigenvalue weighted by Gasteiger charge is -2.08. The number of phenols is 2. The SMILES string of the molecule is OCC(F)c1cc(O)c(O)cc1Br. The molecule has 72 valence electrons. The van der Waals surface area contributed by atoms with Crippen LogP contribution in [0.1, 0.15) is 11.7 Å². The van der Waals surface area contributed by atoms with Crippen LogP contribution in [0.25, 0.3) is 0 Å². The van der Waals surface area contributed by atoms with Gasteiger partial charge >= 0.3 is 0 Å². The third-order valence-corrected chi connectivity index (χ3v) is 2.28. The Kier molecular flexibility index (Phi) is 3.11. The quantitative estimate of drug-likeness (QED) is 0.703. The summed E-state index contributed by atoms with van der Waals surface area (Å²) in [6.07, 6.45) is -1.57. The Balaban J connectivity index is 3.15. The Morgan fingerprint density at radius 3 is 2.38 bits per heavy atom. The Hall–Kier alpha value is -0.810. The number of aromatic hydroxyl groups is 2. The second-order valence-corrected chi connectivity index (χ2v) is 3.37. The molecular formula is C8H8BrFO3. The summed E-state index contributed by atoms with van der Waals surface area (Å²) in [5, 5.41) is 26.6. The average Bonchev–Trinajstić information content (AvgIpc) is 2.10. The zero-order valence-electron chi connectivity index (χ0n) is 6.54. The van der Waals surface area contributed by atoms with Gasteiger partial charge in [0.2, 0.25) is 0 Å². The van der Waals surface area contributed by atoms with Gasteiger partial charge in [-0.3, -0.25) is 0 Å². The van der Waals surface area contributed by atoms with Gasteiger partial charge in [-0.2, -0.15) is 0 Å². The Bertz CT molecular complexity index is 317. The predicted octanol–water partition coefficient (Wildman–Crippen LogP) is 1.86. The fourth-order valence-electron chi connectivity index (χ4n) is 0.906. The summed E-state index contributed by atoms with van der Waals surface area (Å²) in [6, 6.07) is 2.24. The number of aliphatic hydroxyl groups is 1. The van der Waals surface area contributed by atoms with Gasteiger partial charge in [0.15, 0.2) is 11.5 Å². The fourth-order valence-corrected chi connectivity index (χ4v) is 1.49. The van der Waals surface area contributed by atoms with Crippen LogP contribution in [0.5, 0.6) is 11.5 Å². The van der Waals surface area contributed by atoms with E-state index < -0.39 is 18.5 Å². The molecule has 1 rings (SSSR count). The third-order valence-electron chi connectivity index (χ3n) is 1.59. The summed E-state index contributed by atoms with van der Waals surface area (Å²) >= 11 is 3.00. The largest absolute Gasteiger partial charge is 0.504 e. The van der Waals surface area contributed by atoms with E-state index in [-0.39, 0.29) is 11.3 Å². The molecule has 1 aromatic rings. The van der Waals surface area contributed by atoms with Crippen molar-refractivity contribution in [3.8, 4) is 11.5 Å². The van der Waals surface area contributed by atoms with E-state index in [4.69, 9.17) is 15.3 Å². The van der Waals surface area contributed by atoms with E-state index >= 15 is 0 Å². The minimum absolute atomic E-state index is 0.109. The topological polar surface area (TPSA) is 60.7 Å². The number of halogens is 2. The zero-order valence-corrected chi connectivity index (χ0v) is 8.12. The van der Waals surface area contributed by atoms with Gasteiger partial charge in [-0.25, -0.2) is 4.39 Å². The highest BCUT2D eigenvalue weighted by Crippen LogP contribution is 2.35. The van der Waals surface area contributed by atoms with Crippen molar-refractivity contribution in [1.29, 1.82) is 0 Å². The Morgan fingerprint density at radius 1 is 1.31 bits per heavy atom. The van der Waals surface area contributed by atoms with E-state index in [9.17, 15) is 4.39 Å². The summed E-state index contributed by atoms with van der Waals surface area (Å²) in [5.41, 5.74) is 0.109. The van der Waals surface area contributed by atoms with Crippen molar-refractivity contribution in [3.05, 3.63) is 22.2 Å². The van der Waals surface area contributed by atoms with Gasteiger partial charge < -0.3 is 15.3 Å². The van der Waals surface area contributed by atoms with E-state index in [1.54, 1.807) is 0 Å². The van der Waals surface area contributed by atoms with Gasteiger partial charge in [-0.1, -0.05) is 15.9 Å². The van der Waals surface area contributed by atoms with Gasteiger partial charge in [0.25, 0.3) is 0 Å². The maximum Gasteiger partial charge on any atom is 0.158 e. The van der Waals surface area contributed by atoms with Crippen LogP contribution >= 0.6 is 15.9 Å². The molecule has 0 aromatic heterocycles. The number of benzene rings is 1. The number of phenolic OH excluding ortho intramolecular Hbond substituents is 2. The molecule has 3 nitrogen and oxygen atoms in total. The molecule has 0 aliphatic carbocycles. The van der Waals surface area contributed by atoms with Gasteiger partial charge in [0.05, 0.1) is 6.61 Å². The van der Waals surface area contributed by atoms with Crippen LogP contribution in [0.15, 0.2) is 16.6 Å². The molecule has 0 spiro atoms. The monoisotopic (exact) mass is 250 g/mol. The fraction of sp³-hybridized carbons (Fsp3) is 0.250. The molecule has 0 saturated carbocycles. The second kappa shape index (κ2) is 3.93. The Labute approximate surface area is 82.6 Å². The highest BCUT2D eigenvalue weighted by molar-refractivity contribution is 9.10. The van der Waals surface area contributed by atoms with Crippen LogP contribution < -0.4 is 0 Å². The van der Waals surface area contributed by atoms with E-state index in [1.807, 2.05) is 0 Å². The molecule has 13 heavy (non-hydrogen) atoms. The van der Waals surface area contributed by atoms with E-state index in [1.165, 1.54) is 6.07 Å². The Morgan fingerprint density at radius 2 is 1.85 bits per heavy atom. The lowest BCUT2D eigenvalue weighted by molar-refractivity contribution is 0.179.